The average molecular weight is 413 g/mol. The van der Waals surface area contributed by atoms with Gasteiger partial charge in [0, 0.05) is 5.56 Å². The zero-order valence-corrected chi connectivity index (χ0v) is 15.8. The number of ether oxygens (including phenoxy) is 2. The van der Waals surface area contributed by atoms with Crippen LogP contribution in [0.5, 0.6) is 5.75 Å². The highest BCUT2D eigenvalue weighted by Gasteiger charge is 2.26. The van der Waals surface area contributed by atoms with Crippen LogP contribution in [0.15, 0.2) is 47.4 Å². The molecule has 0 aliphatic carbocycles. The number of ketones is 1. The van der Waals surface area contributed by atoms with Crippen LogP contribution in [0.3, 0.4) is 0 Å². The molecule has 0 aliphatic rings. The van der Waals surface area contributed by atoms with Gasteiger partial charge in [-0.05, 0) is 43.3 Å². The van der Waals surface area contributed by atoms with Crippen molar-refractivity contribution in [3.05, 3.63) is 59.7 Å². The first kappa shape index (κ1) is 21.5. The van der Waals surface area contributed by atoms with E-state index in [1.54, 1.807) is 16.9 Å². The lowest BCUT2D eigenvalue weighted by atomic mass is 10.1. The minimum atomic E-state index is -4.63. The van der Waals surface area contributed by atoms with Crippen LogP contribution in [-0.4, -0.2) is 39.9 Å². The Morgan fingerprint density at radius 1 is 1.07 bits per heavy atom. The largest absolute Gasteiger partial charge is 0.497 e. The van der Waals surface area contributed by atoms with Crippen molar-refractivity contribution in [2.24, 2.45) is 0 Å². The molecule has 150 valence electrons. The van der Waals surface area contributed by atoms with Crippen molar-refractivity contribution >= 4 is 21.8 Å². The second kappa shape index (κ2) is 8.89. The average Bonchev–Trinajstić information content (AvgIpc) is 2.65. The molecule has 0 aromatic heterocycles. The van der Waals surface area contributed by atoms with Gasteiger partial charge < -0.3 is 9.47 Å². The van der Waals surface area contributed by atoms with E-state index < -0.39 is 51.0 Å². The van der Waals surface area contributed by atoms with Crippen LogP contribution in [0, 0.1) is 11.6 Å². The Labute approximate surface area is 160 Å². The van der Waals surface area contributed by atoms with Gasteiger partial charge in [-0.2, -0.15) is 4.72 Å². The fraction of sp³-hybridized carbons (Fsp3) is 0.222. The number of esters is 1. The number of nitrogens with one attached hydrogen (secondary N) is 1. The minimum absolute atomic E-state index is 0.259. The van der Waals surface area contributed by atoms with Crippen LogP contribution in [0.1, 0.15) is 17.3 Å². The van der Waals surface area contributed by atoms with E-state index in [2.05, 4.69) is 0 Å². The topological polar surface area (TPSA) is 98.8 Å². The van der Waals surface area contributed by atoms with E-state index in [0.717, 1.165) is 18.2 Å². The smallest absolute Gasteiger partial charge is 0.321 e. The van der Waals surface area contributed by atoms with E-state index >= 15 is 0 Å². The molecule has 0 saturated carbocycles. The van der Waals surface area contributed by atoms with Crippen molar-refractivity contribution in [1.29, 1.82) is 0 Å². The molecule has 10 heteroatoms. The molecule has 2 rings (SSSR count). The lowest BCUT2D eigenvalue weighted by molar-refractivity contribution is -0.144. The van der Waals surface area contributed by atoms with E-state index in [9.17, 15) is 26.8 Å². The van der Waals surface area contributed by atoms with Crippen molar-refractivity contribution < 1.29 is 36.3 Å². The summed E-state index contributed by atoms with van der Waals surface area (Å²) in [7, 11) is -3.16. The Bertz CT molecular complexity index is 956. The monoisotopic (exact) mass is 413 g/mol. The van der Waals surface area contributed by atoms with E-state index in [0.29, 0.717) is 5.75 Å². The molecule has 0 fully saturated rings. The Morgan fingerprint density at radius 2 is 1.64 bits per heavy atom. The number of methoxy groups -OCH3 is 1. The summed E-state index contributed by atoms with van der Waals surface area (Å²) in [6.45, 7) is 0.409. The molecule has 1 atom stereocenters. The quantitative estimate of drug-likeness (QED) is 0.526. The number of hydrogen-bond donors (Lipinski definition) is 1. The number of halogens is 2. The highest BCUT2D eigenvalue weighted by atomic mass is 32.2. The second-order valence-corrected chi connectivity index (χ2v) is 7.30. The predicted octanol–water partition coefficient (Wildman–Crippen LogP) is 2.07. The molecule has 2 aromatic rings. The molecule has 0 bridgehead atoms. The molecule has 0 saturated heterocycles. The number of Topliss-reactive ketones (excluding diaryl/α,β-unsaturated/α-hetero) is 1. The Kier molecular flexibility index (Phi) is 6.81. The number of rotatable bonds is 8. The Balaban J connectivity index is 1.98. The summed E-state index contributed by atoms with van der Waals surface area (Å²) in [6.07, 6.45) is -1.20. The summed E-state index contributed by atoms with van der Waals surface area (Å²) >= 11 is 0. The number of carbonyl (C=O) groups excluding carboxylic acids is 2. The standard InChI is InChI=1S/C18H17F2NO6S/c1-11(17(23)12-6-8-13(26-2)9-7-12)27-16(22)10-21-28(24,25)18-14(19)4-3-5-15(18)20/h3-9,11,21H,10H2,1-2H3/t11-/m1/s1. The fourth-order valence-electron chi connectivity index (χ4n) is 2.25. The van der Waals surface area contributed by atoms with Gasteiger partial charge in [-0.25, -0.2) is 17.2 Å². The molecule has 28 heavy (non-hydrogen) atoms. The van der Waals surface area contributed by atoms with Gasteiger partial charge in [0.05, 0.1) is 7.11 Å². The highest BCUT2D eigenvalue weighted by Crippen LogP contribution is 2.18. The van der Waals surface area contributed by atoms with Gasteiger partial charge in [0.1, 0.15) is 23.9 Å². The minimum Gasteiger partial charge on any atom is -0.497 e. The van der Waals surface area contributed by atoms with E-state index in [-0.39, 0.29) is 5.56 Å². The Hall–Kier alpha value is -2.85. The molecule has 0 unspecified atom stereocenters. The maximum atomic E-state index is 13.6. The van der Waals surface area contributed by atoms with Crippen LogP contribution in [0.2, 0.25) is 0 Å². The number of benzene rings is 2. The molecule has 0 radical (unpaired) electrons. The maximum Gasteiger partial charge on any atom is 0.321 e. The van der Waals surface area contributed by atoms with Crippen molar-refractivity contribution in [2.75, 3.05) is 13.7 Å². The SMILES string of the molecule is COc1ccc(C(=O)[C@@H](C)OC(=O)CNS(=O)(=O)c2c(F)cccc2F)cc1. The summed E-state index contributed by atoms with van der Waals surface area (Å²) in [5.41, 5.74) is 0.259. The van der Waals surface area contributed by atoms with Gasteiger partial charge in [-0.1, -0.05) is 6.07 Å². The third-order valence-corrected chi connectivity index (χ3v) is 5.10. The van der Waals surface area contributed by atoms with Crippen molar-refractivity contribution in [1.82, 2.24) is 4.72 Å². The molecular weight excluding hydrogens is 396 g/mol. The normalized spacial score (nSPS) is 12.3. The van der Waals surface area contributed by atoms with Gasteiger partial charge in [0.15, 0.2) is 11.0 Å². The Morgan fingerprint density at radius 3 is 2.18 bits per heavy atom. The van der Waals surface area contributed by atoms with Crippen molar-refractivity contribution in [2.45, 2.75) is 17.9 Å². The molecule has 2 aromatic carbocycles. The summed E-state index contributed by atoms with van der Waals surface area (Å²) in [5.74, 6) is -3.67. The molecular formula is C18H17F2NO6S. The van der Waals surface area contributed by atoms with Crippen LogP contribution >= 0.6 is 0 Å². The van der Waals surface area contributed by atoms with Crippen LogP contribution in [-0.2, 0) is 19.6 Å². The van der Waals surface area contributed by atoms with E-state index in [1.165, 1.54) is 26.2 Å². The van der Waals surface area contributed by atoms with Gasteiger partial charge in [0.25, 0.3) is 0 Å². The van der Waals surface area contributed by atoms with Crippen molar-refractivity contribution in [3.8, 4) is 5.75 Å². The van der Waals surface area contributed by atoms with Gasteiger partial charge >= 0.3 is 5.97 Å². The van der Waals surface area contributed by atoms with Gasteiger partial charge in [-0.15, -0.1) is 0 Å². The maximum absolute atomic E-state index is 13.6. The third kappa shape index (κ3) is 5.11. The van der Waals surface area contributed by atoms with Crippen LogP contribution < -0.4 is 9.46 Å². The van der Waals surface area contributed by atoms with Gasteiger partial charge in [0.2, 0.25) is 15.8 Å². The van der Waals surface area contributed by atoms with Crippen LogP contribution in [0.4, 0.5) is 8.78 Å². The van der Waals surface area contributed by atoms with E-state index in [4.69, 9.17) is 9.47 Å². The van der Waals surface area contributed by atoms with Crippen molar-refractivity contribution in [3.63, 3.8) is 0 Å². The summed E-state index contributed by atoms with van der Waals surface area (Å²) in [4.78, 5) is 22.9. The zero-order valence-electron chi connectivity index (χ0n) is 14.9. The first-order chi connectivity index (χ1) is 13.2. The lowest BCUT2D eigenvalue weighted by Crippen LogP contribution is -2.34. The predicted molar refractivity (Wildman–Crippen MR) is 94.4 cm³/mol. The molecule has 0 aliphatic heterocycles. The first-order valence-electron chi connectivity index (χ1n) is 7.97. The molecule has 0 amide bonds. The molecule has 0 heterocycles. The van der Waals surface area contributed by atoms with E-state index in [1.807, 2.05) is 0 Å². The second-order valence-electron chi connectivity index (χ2n) is 5.60. The molecule has 0 spiro atoms. The fourth-order valence-corrected chi connectivity index (χ4v) is 3.35. The van der Waals surface area contributed by atoms with Crippen LogP contribution in [0.25, 0.3) is 0 Å². The first-order valence-corrected chi connectivity index (χ1v) is 9.45. The lowest BCUT2D eigenvalue weighted by Gasteiger charge is -2.13. The molecule has 1 N–H and O–H groups in total. The zero-order chi connectivity index (χ0) is 20.9. The third-order valence-electron chi connectivity index (χ3n) is 3.65. The molecule has 7 nitrogen and oxygen atoms in total. The summed E-state index contributed by atoms with van der Waals surface area (Å²) in [6, 6.07) is 8.61. The number of hydrogen-bond acceptors (Lipinski definition) is 6. The van der Waals surface area contributed by atoms with Gasteiger partial charge in [-0.3, -0.25) is 9.59 Å². The number of carbonyl (C=O) groups is 2. The highest BCUT2D eigenvalue weighted by molar-refractivity contribution is 7.89. The summed E-state index contributed by atoms with van der Waals surface area (Å²) < 4.78 is 62.8. The summed E-state index contributed by atoms with van der Waals surface area (Å²) in [5, 5.41) is 0. The number of sulfonamides is 1.